The number of anilines is 1. The fourth-order valence-corrected chi connectivity index (χ4v) is 3.66. The lowest BCUT2D eigenvalue weighted by Gasteiger charge is -2.28. The Morgan fingerprint density at radius 1 is 1.16 bits per heavy atom. The first-order valence-electron chi connectivity index (χ1n) is 7.83. The Kier molecular flexibility index (Phi) is 4.23. The quantitative estimate of drug-likeness (QED) is 0.619. The maximum absolute atomic E-state index is 12.2. The van der Waals surface area contributed by atoms with Crippen LogP contribution in [0.3, 0.4) is 0 Å². The highest BCUT2D eigenvalue weighted by Gasteiger charge is 2.25. The second-order valence-electron chi connectivity index (χ2n) is 5.54. The Bertz CT molecular complexity index is 838. The molecule has 0 N–H and O–H groups in total. The van der Waals surface area contributed by atoms with Crippen LogP contribution in [0.4, 0.5) is 5.69 Å². The highest BCUT2D eigenvalue weighted by Crippen LogP contribution is 2.36. The molecule has 0 aliphatic carbocycles. The summed E-state index contributed by atoms with van der Waals surface area (Å²) in [5.74, 6) is 1.57. The first-order chi connectivity index (χ1) is 12.2. The number of nitrogens with zero attached hydrogens (tertiary/aromatic N) is 1. The highest BCUT2D eigenvalue weighted by molar-refractivity contribution is 8.00. The van der Waals surface area contributed by atoms with Crippen molar-refractivity contribution in [2.24, 2.45) is 0 Å². The van der Waals surface area contributed by atoms with Gasteiger partial charge in [0, 0.05) is 17.5 Å². The van der Waals surface area contributed by atoms with Gasteiger partial charge in [-0.25, -0.2) is 0 Å². The number of hydrogen-bond donors (Lipinski definition) is 0. The second kappa shape index (κ2) is 6.68. The van der Waals surface area contributed by atoms with Crippen molar-refractivity contribution in [2.45, 2.75) is 11.3 Å². The van der Waals surface area contributed by atoms with E-state index in [0.717, 1.165) is 10.6 Å². The Morgan fingerprint density at radius 2 is 2.00 bits per heavy atom. The molecule has 0 unspecified atom stereocenters. The van der Waals surface area contributed by atoms with Crippen LogP contribution in [-0.2, 0) is 9.59 Å². The van der Waals surface area contributed by atoms with Gasteiger partial charge in [-0.1, -0.05) is 12.1 Å². The van der Waals surface area contributed by atoms with Crippen molar-refractivity contribution in [3.05, 3.63) is 42.5 Å². The van der Waals surface area contributed by atoms with Gasteiger partial charge >= 0.3 is 5.97 Å². The Hall–Kier alpha value is -2.67. The third kappa shape index (κ3) is 3.28. The number of thioether (sulfide) groups is 1. The molecule has 0 atom stereocenters. The molecule has 25 heavy (non-hydrogen) atoms. The molecule has 4 rings (SSSR count). The Balaban J connectivity index is 1.40. The number of hydrogen-bond acceptors (Lipinski definition) is 6. The van der Waals surface area contributed by atoms with E-state index in [0.29, 0.717) is 29.5 Å². The first kappa shape index (κ1) is 15.8. The molecule has 128 valence electrons. The van der Waals surface area contributed by atoms with Crippen LogP contribution in [0.5, 0.6) is 17.2 Å². The molecule has 0 saturated carbocycles. The van der Waals surface area contributed by atoms with E-state index >= 15 is 0 Å². The van der Waals surface area contributed by atoms with Gasteiger partial charge in [0.15, 0.2) is 11.5 Å². The van der Waals surface area contributed by atoms with Crippen molar-refractivity contribution >= 4 is 29.3 Å². The molecule has 2 heterocycles. The van der Waals surface area contributed by atoms with Gasteiger partial charge in [-0.2, -0.15) is 0 Å². The van der Waals surface area contributed by atoms with Crippen LogP contribution >= 0.6 is 11.8 Å². The Morgan fingerprint density at radius 3 is 2.92 bits per heavy atom. The smallest absolute Gasteiger partial charge is 0.312 e. The number of fused-ring (bicyclic) bond motifs is 2. The number of carbonyl (C=O) groups excluding carboxylic acids is 2. The van der Waals surface area contributed by atoms with Gasteiger partial charge in [-0.3, -0.25) is 9.59 Å². The first-order valence-corrected chi connectivity index (χ1v) is 8.82. The van der Waals surface area contributed by atoms with Gasteiger partial charge in [0.25, 0.3) is 0 Å². The normalized spacial score (nSPS) is 15.0. The molecule has 0 fully saturated rings. The minimum absolute atomic E-state index is 0.000389. The predicted octanol–water partition coefficient (Wildman–Crippen LogP) is 2.85. The van der Waals surface area contributed by atoms with Crippen molar-refractivity contribution in [2.75, 3.05) is 24.0 Å². The molecule has 7 heteroatoms. The molecule has 0 saturated heterocycles. The average Bonchev–Trinajstić information content (AvgIpc) is 3.08. The van der Waals surface area contributed by atoms with Gasteiger partial charge in [-0.05, 0) is 24.3 Å². The maximum atomic E-state index is 12.2. The molecule has 0 bridgehead atoms. The standard InChI is InChI=1S/C18H15NO5S/c20-17-10-25-16-4-2-1-3-13(16)19(17)8-7-18(21)24-12-5-6-14-15(9-12)23-11-22-14/h1-6,9H,7-8,10-11H2. The van der Waals surface area contributed by atoms with Crippen LogP contribution in [0.1, 0.15) is 6.42 Å². The van der Waals surface area contributed by atoms with Crippen LogP contribution in [0.2, 0.25) is 0 Å². The van der Waals surface area contributed by atoms with E-state index in [2.05, 4.69) is 0 Å². The van der Waals surface area contributed by atoms with Crippen molar-refractivity contribution < 1.29 is 23.8 Å². The minimum Gasteiger partial charge on any atom is -0.454 e. The monoisotopic (exact) mass is 357 g/mol. The van der Waals surface area contributed by atoms with E-state index in [4.69, 9.17) is 14.2 Å². The molecule has 1 amide bonds. The van der Waals surface area contributed by atoms with Crippen molar-refractivity contribution in [1.82, 2.24) is 0 Å². The zero-order valence-electron chi connectivity index (χ0n) is 13.3. The van der Waals surface area contributed by atoms with E-state index < -0.39 is 5.97 Å². The summed E-state index contributed by atoms with van der Waals surface area (Å²) in [5.41, 5.74) is 0.847. The summed E-state index contributed by atoms with van der Waals surface area (Å²) in [6.07, 6.45) is 0.110. The van der Waals surface area contributed by atoms with Crippen LogP contribution in [0.25, 0.3) is 0 Å². The fraction of sp³-hybridized carbons (Fsp3) is 0.222. The number of para-hydroxylation sites is 1. The molecule has 6 nitrogen and oxygen atoms in total. The topological polar surface area (TPSA) is 65.1 Å². The van der Waals surface area contributed by atoms with Crippen molar-refractivity contribution in [3.8, 4) is 17.2 Å². The van der Waals surface area contributed by atoms with Gasteiger partial charge in [0.1, 0.15) is 5.75 Å². The second-order valence-corrected chi connectivity index (χ2v) is 6.56. The van der Waals surface area contributed by atoms with E-state index in [1.54, 1.807) is 23.1 Å². The van der Waals surface area contributed by atoms with Gasteiger partial charge in [0.2, 0.25) is 12.7 Å². The number of esters is 1. The fourth-order valence-electron chi connectivity index (χ4n) is 2.73. The van der Waals surface area contributed by atoms with E-state index in [1.807, 2.05) is 24.3 Å². The van der Waals surface area contributed by atoms with E-state index in [1.165, 1.54) is 11.8 Å². The lowest BCUT2D eigenvalue weighted by molar-refractivity contribution is -0.134. The van der Waals surface area contributed by atoms with E-state index in [9.17, 15) is 9.59 Å². The SMILES string of the molecule is O=C(CCN1C(=O)CSc2ccccc21)Oc1ccc2c(c1)OCO2. The summed E-state index contributed by atoms with van der Waals surface area (Å²) >= 11 is 1.52. The zero-order chi connectivity index (χ0) is 17.2. The molecule has 2 aliphatic heterocycles. The average molecular weight is 357 g/mol. The Labute approximate surface area is 148 Å². The largest absolute Gasteiger partial charge is 0.454 e. The van der Waals surface area contributed by atoms with Crippen molar-refractivity contribution in [1.29, 1.82) is 0 Å². The van der Waals surface area contributed by atoms with E-state index in [-0.39, 0.29) is 19.1 Å². The molecule has 0 radical (unpaired) electrons. The summed E-state index contributed by atoms with van der Waals surface area (Å²) in [4.78, 5) is 27.0. The maximum Gasteiger partial charge on any atom is 0.312 e. The molecule has 2 aromatic carbocycles. The van der Waals surface area contributed by atoms with Gasteiger partial charge in [-0.15, -0.1) is 11.8 Å². The van der Waals surface area contributed by atoms with Crippen LogP contribution in [0, 0.1) is 0 Å². The number of benzene rings is 2. The lowest BCUT2D eigenvalue weighted by atomic mass is 10.2. The summed E-state index contributed by atoms with van der Waals surface area (Å²) in [5, 5.41) is 0. The van der Waals surface area contributed by atoms with Crippen LogP contribution in [0.15, 0.2) is 47.4 Å². The summed E-state index contributed by atoms with van der Waals surface area (Å²) in [6, 6.07) is 12.7. The molecular formula is C18H15NO5S. The predicted molar refractivity (Wildman–Crippen MR) is 92.3 cm³/mol. The number of carbonyl (C=O) groups is 2. The van der Waals surface area contributed by atoms with Gasteiger partial charge < -0.3 is 19.1 Å². The number of rotatable bonds is 4. The molecule has 2 aliphatic rings. The summed E-state index contributed by atoms with van der Waals surface area (Å²) in [7, 11) is 0. The number of ether oxygens (including phenoxy) is 3. The molecular weight excluding hydrogens is 342 g/mol. The zero-order valence-corrected chi connectivity index (χ0v) is 14.1. The van der Waals surface area contributed by atoms with Crippen LogP contribution in [-0.4, -0.2) is 31.0 Å². The molecule has 0 aromatic heterocycles. The minimum atomic E-state index is -0.401. The third-order valence-corrected chi connectivity index (χ3v) is 4.97. The van der Waals surface area contributed by atoms with Crippen molar-refractivity contribution in [3.63, 3.8) is 0 Å². The summed E-state index contributed by atoms with van der Waals surface area (Å²) in [6.45, 7) is 0.459. The highest BCUT2D eigenvalue weighted by atomic mass is 32.2. The van der Waals surface area contributed by atoms with Crippen LogP contribution < -0.4 is 19.1 Å². The van der Waals surface area contributed by atoms with Gasteiger partial charge in [0.05, 0.1) is 17.9 Å². The lowest BCUT2D eigenvalue weighted by Crippen LogP contribution is -2.37. The summed E-state index contributed by atoms with van der Waals surface area (Å²) < 4.78 is 15.8. The molecule has 0 spiro atoms. The third-order valence-electron chi connectivity index (χ3n) is 3.92. The molecule has 2 aromatic rings. The number of amides is 1.